The van der Waals surface area contributed by atoms with Crippen LogP contribution in [0, 0.1) is 15.9 Å². The van der Waals surface area contributed by atoms with Gasteiger partial charge in [0.05, 0.1) is 9.83 Å². The number of amides is 3. The third-order valence-electron chi connectivity index (χ3n) is 5.03. The summed E-state index contributed by atoms with van der Waals surface area (Å²) in [6.07, 6.45) is 1.54. The number of benzene rings is 3. The summed E-state index contributed by atoms with van der Waals surface area (Å²) in [6.45, 7) is -0.245. The molecule has 0 radical (unpaired) electrons. The Morgan fingerprint density at radius 2 is 1.69 bits per heavy atom. The van der Waals surface area contributed by atoms with Crippen molar-refractivity contribution in [3.63, 3.8) is 0 Å². The molecule has 0 saturated carbocycles. The largest absolute Gasteiger partial charge is 0.489 e. The van der Waals surface area contributed by atoms with Gasteiger partial charge in [-0.2, -0.15) is 0 Å². The highest BCUT2D eigenvalue weighted by Crippen LogP contribution is 2.32. The standard InChI is InChI=1S/C25H18FN3O6S/c26-18-5-7-19(8-6-18)27-23(30)14-28-24(31)22(36-25(28)32)13-16-3-11-21(12-4-16)35-15-17-1-9-20(10-2-17)29(33)34/h1-13H,14-15H2,(H,27,30)/b22-13-. The summed E-state index contributed by atoms with van der Waals surface area (Å²) in [5.41, 5.74) is 1.77. The number of rotatable bonds is 8. The fourth-order valence-electron chi connectivity index (χ4n) is 3.21. The van der Waals surface area contributed by atoms with E-state index < -0.39 is 34.3 Å². The van der Waals surface area contributed by atoms with Crippen molar-refractivity contribution in [1.29, 1.82) is 0 Å². The quantitative estimate of drug-likeness (QED) is 0.259. The third-order valence-corrected chi connectivity index (χ3v) is 5.94. The number of hydrogen-bond donors (Lipinski definition) is 1. The number of nitrogens with one attached hydrogen (secondary N) is 1. The van der Waals surface area contributed by atoms with E-state index in [9.17, 15) is 28.9 Å². The zero-order chi connectivity index (χ0) is 25.7. The van der Waals surface area contributed by atoms with Gasteiger partial charge in [0.1, 0.15) is 24.7 Å². The van der Waals surface area contributed by atoms with Gasteiger partial charge in [0.2, 0.25) is 5.91 Å². The van der Waals surface area contributed by atoms with Crippen molar-refractivity contribution >= 4 is 46.3 Å². The number of non-ortho nitro benzene ring substituents is 1. The molecule has 1 heterocycles. The number of nitrogens with zero attached hydrogens (tertiary/aromatic N) is 2. The Balaban J connectivity index is 1.33. The van der Waals surface area contributed by atoms with Crippen LogP contribution in [0.25, 0.3) is 6.08 Å². The Kier molecular flexibility index (Phi) is 7.40. The number of thioether (sulfide) groups is 1. The Morgan fingerprint density at radius 1 is 1.03 bits per heavy atom. The molecule has 3 aromatic rings. The minimum atomic E-state index is -0.585. The van der Waals surface area contributed by atoms with Crippen LogP contribution in [0.5, 0.6) is 5.75 Å². The van der Waals surface area contributed by atoms with Gasteiger partial charge in [-0.25, -0.2) is 4.39 Å². The average molecular weight is 507 g/mol. The first-order valence-corrected chi connectivity index (χ1v) is 11.4. The van der Waals surface area contributed by atoms with E-state index in [1.54, 1.807) is 42.5 Å². The van der Waals surface area contributed by atoms with Crippen molar-refractivity contribution < 1.29 is 28.4 Å². The zero-order valence-electron chi connectivity index (χ0n) is 18.5. The van der Waals surface area contributed by atoms with E-state index in [0.717, 1.165) is 22.2 Å². The molecule has 182 valence electrons. The molecule has 0 bridgehead atoms. The molecule has 9 nitrogen and oxygen atoms in total. The summed E-state index contributed by atoms with van der Waals surface area (Å²) in [7, 11) is 0. The van der Waals surface area contributed by atoms with Gasteiger partial charge in [0.25, 0.3) is 16.8 Å². The number of anilines is 1. The van der Waals surface area contributed by atoms with Crippen molar-refractivity contribution in [3.05, 3.63) is 105 Å². The second-order valence-electron chi connectivity index (χ2n) is 7.60. The topological polar surface area (TPSA) is 119 Å². The highest BCUT2D eigenvalue weighted by molar-refractivity contribution is 8.18. The molecule has 1 fully saturated rings. The van der Waals surface area contributed by atoms with E-state index >= 15 is 0 Å². The van der Waals surface area contributed by atoms with Crippen molar-refractivity contribution in [1.82, 2.24) is 4.90 Å². The number of ether oxygens (including phenoxy) is 1. The van der Waals surface area contributed by atoms with Crippen LogP contribution in [0.1, 0.15) is 11.1 Å². The van der Waals surface area contributed by atoms with Gasteiger partial charge in [0.15, 0.2) is 0 Å². The number of imide groups is 1. The van der Waals surface area contributed by atoms with Crippen molar-refractivity contribution in [2.75, 3.05) is 11.9 Å². The molecule has 0 atom stereocenters. The second kappa shape index (κ2) is 10.8. The van der Waals surface area contributed by atoms with Crippen LogP contribution in [0.2, 0.25) is 0 Å². The first-order chi connectivity index (χ1) is 17.3. The number of nitro groups is 1. The van der Waals surface area contributed by atoms with Gasteiger partial charge < -0.3 is 10.1 Å². The third kappa shape index (κ3) is 6.13. The zero-order valence-corrected chi connectivity index (χ0v) is 19.4. The fourth-order valence-corrected chi connectivity index (χ4v) is 4.04. The Labute approximate surface area is 208 Å². The first-order valence-electron chi connectivity index (χ1n) is 10.6. The minimum Gasteiger partial charge on any atom is -0.489 e. The van der Waals surface area contributed by atoms with E-state index in [1.165, 1.54) is 36.4 Å². The van der Waals surface area contributed by atoms with Crippen molar-refractivity contribution in [2.24, 2.45) is 0 Å². The number of nitro benzene ring substituents is 1. The monoisotopic (exact) mass is 507 g/mol. The van der Waals surface area contributed by atoms with E-state index in [0.29, 0.717) is 17.0 Å². The van der Waals surface area contributed by atoms with Crippen LogP contribution in [0.4, 0.5) is 20.6 Å². The highest BCUT2D eigenvalue weighted by Gasteiger charge is 2.36. The molecule has 0 unspecified atom stereocenters. The van der Waals surface area contributed by atoms with Crippen LogP contribution in [0.15, 0.2) is 77.7 Å². The number of carbonyl (C=O) groups is 3. The van der Waals surface area contributed by atoms with Crippen molar-refractivity contribution in [3.8, 4) is 5.75 Å². The predicted octanol–water partition coefficient (Wildman–Crippen LogP) is 4.99. The van der Waals surface area contributed by atoms with Crippen LogP contribution >= 0.6 is 11.8 Å². The van der Waals surface area contributed by atoms with Gasteiger partial charge >= 0.3 is 0 Å². The normalized spacial score (nSPS) is 14.2. The maximum Gasteiger partial charge on any atom is 0.294 e. The van der Waals surface area contributed by atoms with Crippen LogP contribution in [-0.4, -0.2) is 33.4 Å². The van der Waals surface area contributed by atoms with E-state index in [4.69, 9.17) is 4.74 Å². The van der Waals surface area contributed by atoms with E-state index in [2.05, 4.69) is 5.32 Å². The van der Waals surface area contributed by atoms with Gasteiger partial charge in [-0.15, -0.1) is 0 Å². The van der Waals surface area contributed by atoms with E-state index in [1.807, 2.05) is 0 Å². The second-order valence-corrected chi connectivity index (χ2v) is 8.60. The molecule has 1 N–H and O–H groups in total. The van der Waals surface area contributed by atoms with Crippen LogP contribution in [-0.2, 0) is 16.2 Å². The maximum absolute atomic E-state index is 13.0. The number of halogens is 1. The summed E-state index contributed by atoms with van der Waals surface area (Å²) in [5.74, 6) is -1.07. The van der Waals surface area contributed by atoms with Crippen LogP contribution < -0.4 is 10.1 Å². The predicted molar refractivity (Wildman–Crippen MR) is 132 cm³/mol. The Bertz CT molecular complexity index is 1340. The SMILES string of the molecule is O=C(CN1C(=O)S/C(=C\c2ccc(OCc3ccc([N+](=O)[O-])cc3)cc2)C1=O)Nc1ccc(F)cc1. The molecular formula is C25H18FN3O6S. The van der Waals surface area contributed by atoms with Gasteiger partial charge in [-0.05, 0) is 77.5 Å². The number of hydrogen-bond acceptors (Lipinski definition) is 7. The Morgan fingerprint density at radius 3 is 2.33 bits per heavy atom. The molecule has 3 aromatic carbocycles. The van der Waals surface area contributed by atoms with Crippen LogP contribution in [0.3, 0.4) is 0 Å². The summed E-state index contributed by atoms with van der Waals surface area (Å²) < 4.78 is 18.7. The fraction of sp³-hybridized carbons (Fsp3) is 0.0800. The van der Waals surface area contributed by atoms with Gasteiger partial charge in [-0.1, -0.05) is 12.1 Å². The van der Waals surface area contributed by atoms with Crippen molar-refractivity contribution in [2.45, 2.75) is 6.61 Å². The van der Waals surface area contributed by atoms with Gasteiger partial charge in [0, 0.05) is 17.8 Å². The molecule has 0 spiro atoms. The average Bonchev–Trinajstić information content (AvgIpc) is 3.12. The molecular weight excluding hydrogens is 489 g/mol. The summed E-state index contributed by atoms with van der Waals surface area (Å²) in [4.78, 5) is 48.5. The summed E-state index contributed by atoms with van der Waals surface area (Å²) >= 11 is 0.732. The summed E-state index contributed by atoms with van der Waals surface area (Å²) in [6, 6.07) is 18.0. The molecule has 0 aromatic heterocycles. The molecule has 3 amide bonds. The molecule has 11 heteroatoms. The summed E-state index contributed by atoms with van der Waals surface area (Å²) in [5, 5.41) is 12.7. The minimum absolute atomic E-state index is 0.000949. The van der Waals surface area contributed by atoms with E-state index in [-0.39, 0.29) is 17.2 Å². The highest BCUT2D eigenvalue weighted by atomic mass is 32.2. The first kappa shape index (κ1) is 24.6. The lowest BCUT2D eigenvalue weighted by molar-refractivity contribution is -0.384. The molecule has 36 heavy (non-hydrogen) atoms. The molecule has 1 aliphatic rings. The lowest BCUT2D eigenvalue weighted by atomic mass is 10.2. The number of carbonyl (C=O) groups excluding carboxylic acids is 3. The lowest BCUT2D eigenvalue weighted by Gasteiger charge is -2.12. The smallest absolute Gasteiger partial charge is 0.294 e. The van der Waals surface area contributed by atoms with Gasteiger partial charge in [-0.3, -0.25) is 29.4 Å². The molecule has 0 aliphatic carbocycles. The lowest BCUT2D eigenvalue weighted by Crippen LogP contribution is -2.36. The molecule has 1 saturated heterocycles. The molecule has 1 aliphatic heterocycles. The Hall–Kier alpha value is -4.51. The molecule has 4 rings (SSSR count). The maximum atomic E-state index is 13.0.